The number of morpholine rings is 1. The molecule has 0 aliphatic carbocycles. The van der Waals surface area contributed by atoms with Gasteiger partial charge in [0.2, 0.25) is 0 Å². The number of rotatable bonds is 3. The maximum atomic E-state index is 12.9. The molecule has 1 aliphatic rings. The van der Waals surface area contributed by atoms with Gasteiger partial charge in [-0.05, 0) is 19.4 Å². The van der Waals surface area contributed by atoms with E-state index in [9.17, 15) is 4.79 Å². The van der Waals surface area contributed by atoms with Gasteiger partial charge in [-0.3, -0.25) is 4.79 Å². The molecule has 1 aromatic carbocycles. The topological polar surface area (TPSA) is 68.5 Å². The van der Waals surface area contributed by atoms with Crippen LogP contribution in [0.25, 0.3) is 0 Å². The number of carbonyl (C=O) groups excluding carboxylic acids is 1. The molecular formula is C17H21N3O2S. The molecule has 0 unspecified atom stereocenters. The Morgan fingerprint density at radius 2 is 2.17 bits per heavy atom. The molecule has 1 fully saturated rings. The van der Waals surface area contributed by atoms with Crippen molar-refractivity contribution in [1.29, 1.82) is 0 Å². The first kappa shape index (κ1) is 16.1. The molecule has 6 heteroatoms. The van der Waals surface area contributed by atoms with E-state index in [1.807, 2.05) is 49.1 Å². The van der Waals surface area contributed by atoms with Gasteiger partial charge < -0.3 is 15.4 Å². The summed E-state index contributed by atoms with van der Waals surface area (Å²) in [4.78, 5) is 19.1. The molecule has 0 bridgehead atoms. The Hall–Kier alpha value is -1.76. The van der Waals surface area contributed by atoms with Crippen LogP contribution in [0.4, 0.5) is 0 Å². The van der Waals surface area contributed by atoms with Crippen LogP contribution in [0, 0.1) is 0 Å². The summed E-state index contributed by atoms with van der Waals surface area (Å²) >= 11 is 1.42. The van der Waals surface area contributed by atoms with Crippen LogP contribution in [0.2, 0.25) is 0 Å². The Labute approximate surface area is 140 Å². The molecule has 1 aromatic heterocycles. The Bertz CT molecular complexity index is 684. The van der Waals surface area contributed by atoms with Crippen LogP contribution in [0.1, 0.15) is 41.0 Å². The average Bonchev–Trinajstić information content (AvgIpc) is 3.04. The van der Waals surface area contributed by atoms with Crippen molar-refractivity contribution in [2.45, 2.75) is 32.0 Å². The maximum absolute atomic E-state index is 12.9. The van der Waals surface area contributed by atoms with E-state index in [4.69, 9.17) is 10.5 Å². The van der Waals surface area contributed by atoms with E-state index in [1.54, 1.807) is 5.38 Å². The maximum Gasteiger partial charge on any atom is 0.273 e. The quantitative estimate of drug-likeness (QED) is 0.938. The molecule has 5 nitrogen and oxygen atoms in total. The molecular weight excluding hydrogens is 310 g/mol. The van der Waals surface area contributed by atoms with Crippen LogP contribution in [0.3, 0.4) is 0 Å². The van der Waals surface area contributed by atoms with E-state index in [0.29, 0.717) is 25.4 Å². The molecule has 23 heavy (non-hydrogen) atoms. The van der Waals surface area contributed by atoms with Crippen LogP contribution < -0.4 is 5.73 Å². The summed E-state index contributed by atoms with van der Waals surface area (Å²) < 4.78 is 5.99. The van der Waals surface area contributed by atoms with Gasteiger partial charge in [0.1, 0.15) is 16.8 Å². The Balaban J connectivity index is 1.84. The highest BCUT2D eigenvalue weighted by molar-refractivity contribution is 7.09. The van der Waals surface area contributed by atoms with Gasteiger partial charge in [-0.15, -0.1) is 11.3 Å². The van der Waals surface area contributed by atoms with Gasteiger partial charge in [0.05, 0.1) is 18.7 Å². The Morgan fingerprint density at radius 3 is 2.83 bits per heavy atom. The van der Waals surface area contributed by atoms with Crippen molar-refractivity contribution in [2.24, 2.45) is 5.73 Å². The lowest BCUT2D eigenvalue weighted by atomic mass is 9.97. The lowest BCUT2D eigenvalue weighted by Gasteiger charge is -2.45. The number of aromatic nitrogens is 1. The molecule has 1 amide bonds. The van der Waals surface area contributed by atoms with Crippen LogP contribution >= 0.6 is 11.3 Å². The van der Waals surface area contributed by atoms with E-state index in [-0.39, 0.29) is 17.6 Å². The number of hydrogen-bond acceptors (Lipinski definition) is 5. The van der Waals surface area contributed by atoms with Crippen molar-refractivity contribution >= 4 is 17.2 Å². The number of hydrogen-bond donors (Lipinski definition) is 1. The number of benzene rings is 1. The van der Waals surface area contributed by atoms with Crippen LogP contribution in [0.15, 0.2) is 35.7 Å². The highest BCUT2D eigenvalue weighted by atomic mass is 32.1. The minimum Gasteiger partial charge on any atom is -0.369 e. The first-order chi connectivity index (χ1) is 11.0. The third-order valence-corrected chi connectivity index (χ3v) is 4.95. The highest BCUT2D eigenvalue weighted by Gasteiger charge is 2.39. The summed E-state index contributed by atoms with van der Waals surface area (Å²) in [6, 6.07) is 10.0. The van der Waals surface area contributed by atoms with Crippen molar-refractivity contribution < 1.29 is 9.53 Å². The van der Waals surface area contributed by atoms with Crippen LogP contribution in [-0.4, -0.2) is 34.5 Å². The second-order valence-electron chi connectivity index (χ2n) is 6.27. The molecule has 1 aliphatic heterocycles. The molecule has 0 radical (unpaired) electrons. The van der Waals surface area contributed by atoms with E-state index < -0.39 is 0 Å². The molecule has 122 valence electrons. The largest absolute Gasteiger partial charge is 0.369 e. The smallest absolute Gasteiger partial charge is 0.273 e. The second kappa shape index (κ2) is 6.39. The van der Waals surface area contributed by atoms with Gasteiger partial charge >= 0.3 is 0 Å². The van der Waals surface area contributed by atoms with Gasteiger partial charge in [0, 0.05) is 11.9 Å². The summed E-state index contributed by atoms with van der Waals surface area (Å²) in [5, 5.41) is 2.56. The predicted octanol–water partition coefficient (Wildman–Crippen LogP) is 2.59. The van der Waals surface area contributed by atoms with Crippen molar-refractivity contribution in [3.8, 4) is 0 Å². The fraction of sp³-hybridized carbons (Fsp3) is 0.412. The molecule has 1 atom stereocenters. The zero-order chi connectivity index (χ0) is 16.4. The van der Waals surface area contributed by atoms with E-state index in [2.05, 4.69) is 4.98 Å². The van der Waals surface area contributed by atoms with Gasteiger partial charge in [0.15, 0.2) is 0 Å². The fourth-order valence-corrected chi connectivity index (χ4v) is 3.36. The minimum atomic E-state index is -0.366. The van der Waals surface area contributed by atoms with Gasteiger partial charge in [-0.25, -0.2) is 4.98 Å². The van der Waals surface area contributed by atoms with Gasteiger partial charge in [-0.2, -0.15) is 0 Å². The number of nitrogens with zero attached hydrogens (tertiary/aromatic N) is 2. The third-order valence-electron chi connectivity index (χ3n) is 4.08. The van der Waals surface area contributed by atoms with Crippen molar-refractivity contribution in [3.63, 3.8) is 0 Å². The summed E-state index contributed by atoms with van der Waals surface area (Å²) in [5.41, 5.74) is 6.78. The van der Waals surface area contributed by atoms with Crippen LogP contribution in [0.5, 0.6) is 0 Å². The monoisotopic (exact) mass is 331 g/mol. The first-order valence-electron chi connectivity index (χ1n) is 7.64. The minimum absolute atomic E-state index is 0.0600. The zero-order valence-corrected chi connectivity index (χ0v) is 14.2. The fourth-order valence-electron chi connectivity index (χ4n) is 2.72. The molecule has 2 heterocycles. The number of amides is 1. The predicted molar refractivity (Wildman–Crippen MR) is 90.3 cm³/mol. The standard InChI is InChI=1S/C17H21N3O2S/c1-17(2)11-22-14(12-6-4-3-5-7-12)9-20(17)16(21)13-10-23-15(8-18)19-13/h3-7,10,14H,8-9,11,18H2,1-2H3/t14-/m1/s1. The molecule has 3 rings (SSSR count). The van der Waals surface area contributed by atoms with E-state index in [0.717, 1.165) is 10.6 Å². The van der Waals surface area contributed by atoms with Gasteiger partial charge in [-0.1, -0.05) is 30.3 Å². The average molecular weight is 331 g/mol. The Morgan fingerprint density at radius 1 is 1.43 bits per heavy atom. The number of nitrogens with two attached hydrogens (primary N) is 1. The molecule has 0 saturated carbocycles. The highest BCUT2D eigenvalue weighted by Crippen LogP contribution is 2.31. The summed E-state index contributed by atoms with van der Waals surface area (Å²) in [6.45, 7) is 5.40. The zero-order valence-electron chi connectivity index (χ0n) is 13.4. The van der Waals surface area contributed by atoms with Crippen molar-refractivity contribution in [3.05, 3.63) is 52.0 Å². The third kappa shape index (κ3) is 3.29. The SMILES string of the molecule is CC1(C)CO[C@@H](c2ccccc2)CN1C(=O)c1csc(CN)n1. The summed E-state index contributed by atoms with van der Waals surface area (Å²) in [6.07, 6.45) is -0.110. The summed E-state index contributed by atoms with van der Waals surface area (Å²) in [7, 11) is 0. The molecule has 2 N–H and O–H groups in total. The second-order valence-corrected chi connectivity index (χ2v) is 7.21. The van der Waals surface area contributed by atoms with E-state index >= 15 is 0 Å². The number of ether oxygens (including phenoxy) is 1. The molecule has 1 saturated heterocycles. The summed E-state index contributed by atoms with van der Waals surface area (Å²) in [5.74, 6) is -0.0600. The first-order valence-corrected chi connectivity index (χ1v) is 8.52. The van der Waals surface area contributed by atoms with Crippen LogP contribution in [-0.2, 0) is 11.3 Å². The van der Waals surface area contributed by atoms with Crippen molar-refractivity contribution in [2.75, 3.05) is 13.2 Å². The van der Waals surface area contributed by atoms with Crippen molar-refractivity contribution in [1.82, 2.24) is 9.88 Å². The Kier molecular flexibility index (Phi) is 4.48. The lowest BCUT2D eigenvalue weighted by molar-refractivity contribution is -0.0848. The normalized spacial score (nSPS) is 20.5. The van der Waals surface area contributed by atoms with E-state index in [1.165, 1.54) is 11.3 Å². The van der Waals surface area contributed by atoms with Gasteiger partial charge in [0.25, 0.3) is 5.91 Å². The number of thiazole rings is 1. The lowest BCUT2D eigenvalue weighted by Crippen LogP contribution is -2.56. The number of carbonyl (C=O) groups is 1. The molecule has 0 spiro atoms. The molecule has 2 aromatic rings.